The fourth-order valence-electron chi connectivity index (χ4n) is 2.27. The lowest BCUT2D eigenvalue weighted by Crippen LogP contribution is -2.21. The molecular formula is C17H20N2O. The van der Waals surface area contributed by atoms with Gasteiger partial charge in [0.15, 0.2) is 0 Å². The van der Waals surface area contributed by atoms with Crippen LogP contribution >= 0.6 is 0 Å². The zero-order valence-corrected chi connectivity index (χ0v) is 12.4. The predicted molar refractivity (Wildman–Crippen MR) is 84.5 cm³/mol. The van der Waals surface area contributed by atoms with Crippen molar-refractivity contribution in [2.24, 2.45) is 0 Å². The summed E-state index contributed by atoms with van der Waals surface area (Å²) in [7, 11) is 0. The van der Waals surface area contributed by atoms with Crippen molar-refractivity contribution in [2.75, 3.05) is 10.6 Å². The Morgan fingerprint density at radius 3 is 2.15 bits per heavy atom. The van der Waals surface area contributed by atoms with Gasteiger partial charge in [0.05, 0.1) is 0 Å². The first-order valence-electron chi connectivity index (χ1n) is 6.69. The normalized spacial score (nSPS) is 10.2. The van der Waals surface area contributed by atoms with E-state index in [9.17, 15) is 4.79 Å². The molecule has 0 aliphatic rings. The number of carbonyl (C=O) groups is 1. The number of urea groups is 1. The number of rotatable bonds is 2. The monoisotopic (exact) mass is 268 g/mol. The fourth-order valence-corrected chi connectivity index (χ4v) is 2.27. The largest absolute Gasteiger partial charge is 0.323 e. The fraction of sp³-hybridized carbons (Fsp3) is 0.235. The molecule has 0 unspecified atom stereocenters. The first-order chi connectivity index (χ1) is 9.49. The summed E-state index contributed by atoms with van der Waals surface area (Å²) in [6.45, 7) is 8.21. The number of para-hydroxylation sites is 1. The van der Waals surface area contributed by atoms with Crippen molar-refractivity contribution in [3.05, 3.63) is 58.7 Å². The van der Waals surface area contributed by atoms with Gasteiger partial charge in [-0.05, 0) is 62.1 Å². The molecule has 0 aliphatic heterocycles. The lowest BCUT2D eigenvalue weighted by Gasteiger charge is -2.16. The standard InChI is InChI=1S/C17H20N2O/c1-11-10-12(2)16(14(4)13(11)3)19-17(20)18-15-8-6-5-7-9-15/h5-10H,1-4H3,(H2,18,19,20). The van der Waals surface area contributed by atoms with Crippen molar-refractivity contribution >= 4 is 17.4 Å². The van der Waals surface area contributed by atoms with E-state index in [1.807, 2.05) is 44.2 Å². The van der Waals surface area contributed by atoms with Gasteiger partial charge < -0.3 is 10.6 Å². The van der Waals surface area contributed by atoms with Gasteiger partial charge >= 0.3 is 6.03 Å². The summed E-state index contributed by atoms with van der Waals surface area (Å²) < 4.78 is 0. The highest BCUT2D eigenvalue weighted by Crippen LogP contribution is 2.26. The summed E-state index contributed by atoms with van der Waals surface area (Å²) in [6.07, 6.45) is 0. The first kappa shape index (κ1) is 14.1. The average Bonchev–Trinajstić information content (AvgIpc) is 2.42. The van der Waals surface area contributed by atoms with Crippen molar-refractivity contribution in [3.63, 3.8) is 0 Å². The van der Waals surface area contributed by atoms with Crippen molar-refractivity contribution in [1.29, 1.82) is 0 Å². The number of aryl methyl sites for hydroxylation is 2. The molecule has 0 fully saturated rings. The van der Waals surface area contributed by atoms with E-state index in [-0.39, 0.29) is 6.03 Å². The van der Waals surface area contributed by atoms with Gasteiger partial charge in [-0.3, -0.25) is 0 Å². The van der Waals surface area contributed by atoms with Crippen LogP contribution in [0.2, 0.25) is 0 Å². The lowest BCUT2D eigenvalue weighted by molar-refractivity contribution is 0.262. The average molecular weight is 268 g/mol. The van der Waals surface area contributed by atoms with Gasteiger partial charge in [-0.2, -0.15) is 0 Å². The zero-order valence-electron chi connectivity index (χ0n) is 12.4. The molecule has 104 valence electrons. The highest BCUT2D eigenvalue weighted by Gasteiger charge is 2.11. The Kier molecular flexibility index (Phi) is 4.08. The van der Waals surface area contributed by atoms with Crippen molar-refractivity contribution in [2.45, 2.75) is 27.7 Å². The maximum absolute atomic E-state index is 12.1. The van der Waals surface area contributed by atoms with Crippen LogP contribution in [0.5, 0.6) is 0 Å². The minimum absolute atomic E-state index is 0.217. The van der Waals surface area contributed by atoms with E-state index in [0.717, 1.165) is 22.5 Å². The molecule has 0 heterocycles. The van der Waals surface area contributed by atoms with Crippen LogP contribution in [-0.2, 0) is 0 Å². The first-order valence-corrected chi connectivity index (χ1v) is 6.69. The Morgan fingerprint density at radius 2 is 1.50 bits per heavy atom. The van der Waals surface area contributed by atoms with Gasteiger partial charge in [0.25, 0.3) is 0 Å². The van der Waals surface area contributed by atoms with Crippen LogP contribution in [0.3, 0.4) is 0 Å². The number of hydrogen-bond donors (Lipinski definition) is 2. The molecule has 0 aliphatic carbocycles. The van der Waals surface area contributed by atoms with Crippen LogP contribution in [0.25, 0.3) is 0 Å². The number of hydrogen-bond acceptors (Lipinski definition) is 1. The summed E-state index contributed by atoms with van der Waals surface area (Å²) in [5.74, 6) is 0. The molecular weight excluding hydrogens is 248 g/mol. The van der Waals surface area contributed by atoms with Crippen molar-refractivity contribution < 1.29 is 4.79 Å². The van der Waals surface area contributed by atoms with Crippen LogP contribution in [0.1, 0.15) is 22.3 Å². The number of benzene rings is 2. The van der Waals surface area contributed by atoms with Crippen LogP contribution in [0.15, 0.2) is 36.4 Å². The third-order valence-electron chi connectivity index (χ3n) is 3.63. The summed E-state index contributed by atoms with van der Waals surface area (Å²) in [5.41, 5.74) is 6.32. The molecule has 3 heteroatoms. The van der Waals surface area contributed by atoms with Gasteiger partial charge in [0.1, 0.15) is 0 Å². The minimum Gasteiger partial charge on any atom is -0.308 e. The zero-order chi connectivity index (χ0) is 14.7. The predicted octanol–water partition coefficient (Wildman–Crippen LogP) is 4.56. The Bertz CT molecular complexity index is 633. The van der Waals surface area contributed by atoms with Gasteiger partial charge in [-0.1, -0.05) is 24.3 Å². The quantitative estimate of drug-likeness (QED) is 0.823. The highest BCUT2D eigenvalue weighted by molar-refractivity contribution is 6.00. The van der Waals surface area contributed by atoms with E-state index in [1.165, 1.54) is 11.1 Å². The van der Waals surface area contributed by atoms with E-state index in [4.69, 9.17) is 0 Å². The van der Waals surface area contributed by atoms with E-state index in [2.05, 4.69) is 30.5 Å². The second-order valence-electron chi connectivity index (χ2n) is 5.08. The molecule has 0 spiro atoms. The molecule has 2 N–H and O–H groups in total. The van der Waals surface area contributed by atoms with Crippen LogP contribution in [0.4, 0.5) is 16.2 Å². The minimum atomic E-state index is -0.217. The van der Waals surface area contributed by atoms with Crippen molar-refractivity contribution in [1.82, 2.24) is 0 Å². The van der Waals surface area contributed by atoms with E-state index in [1.54, 1.807) is 0 Å². The maximum atomic E-state index is 12.1. The van der Waals surface area contributed by atoms with Gasteiger partial charge in [0.2, 0.25) is 0 Å². The third-order valence-corrected chi connectivity index (χ3v) is 3.63. The molecule has 2 amide bonds. The molecule has 0 aromatic heterocycles. The molecule has 0 bridgehead atoms. The third kappa shape index (κ3) is 2.99. The molecule has 0 radical (unpaired) electrons. The maximum Gasteiger partial charge on any atom is 0.323 e. The molecule has 0 saturated heterocycles. The lowest BCUT2D eigenvalue weighted by atomic mass is 9.98. The molecule has 0 atom stereocenters. The van der Waals surface area contributed by atoms with Gasteiger partial charge in [-0.15, -0.1) is 0 Å². The summed E-state index contributed by atoms with van der Waals surface area (Å²) in [4.78, 5) is 12.1. The summed E-state index contributed by atoms with van der Waals surface area (Å²) in [5, 5.41) is 5.77. The Hall–Kier alpha value is -2.29. The van der Waals surface area contributed by atoms with E-state index < -0.39 is 0 Å². The Labute approximate surface area is 120 Å². The molecule has 2 rings (SSSR count). The summed E-state index contributed by atoms with van der Waals surface area (Å²) >= 11 is 0. The smallest absolute Gasteiger partial charge is 0.308 e. The Balaban J connectivity index is 2.18. The molecule has 3 nitrogen and oxygen atoms in total. The Morgan fingerprint density at radius 1 is 0.850 bits per heavy atom. The molecule has 20 heavy (non-hydrogen) atoms. The summed E-state index contributed by atoms with van der Waals surface area (Å²) in [6, 6.07) is 11.3. The van der Waals surface area contributed by atoms with Crippen LogP contribution in [-0.4, -0.2) is 6.03 Å². The van der Waals surface area contributed by atoms with Gasteiger partial charge in [-0.25, -0.2) is 4.79 Å². The van der Waals surface area contributed by atoms with Crippen LogP contribution < -0.4 is 10.6 Å². The number of carbonyl (C=O) groups excluding carboxylic acids is 1. The molecule has 2 aromatic carbocycles. The van der Waals surface area contributed by atoms with Crippen molar-refractivity contribution in [3.8, 4) is 0 Å². The van der Waals surface area contributed by atoms with E-state index >= 15 is 0 Å². The second-order valence-corrected chi connectivity index (χ2v) is 5.08. The van der Waals surface area contributed by atoms with E-state index in [0.29, 0.717) is 0 Å². The number of anilines is 2. The number of amides is 2. The van der Waals surface area contributed by atoms with Crippen LogP contribution in [0, 0.1) is 27.7 Å². The topological polar surface area (TPSA) is 41.1 Å². The molecule has 0 saturated carbocycles. The van der Waals surface area contributed by atoms with Gasteiger partial charge in [0, 0.05) is 11.4 Å². The molecule has 2 aromatic rings. The number of nitrogens with one attached hydrogen (secondary N) is 2. The second kappa shape index (κ2) is 5.78. The SMILES string of the molecule is Cc1cc(C)c(NC(=O)Nc2ccccc2)c(C)c1C. The highest BCUT2D eigenvalue weighted by atomic mass is 16.2.